The Hall–Kier alpha value is -1.06. The fourth-order valence-corrected chi connectivity index (χ4v) is 2.70. The molecule has 0 radical (unpaired) electrons. The van der Waals surface area contributed by atoms with Crippen LogP contribution in [-0.2, 0) is 4.79 Å². The van der Waals surface area contributed by atoms with Gasteiger partial charge >= 0.3 is 0 Å². The van der Waals surface area contributed by atoms with Crippen molar-refractivity contribution in [1.29, 1.82) is 0 Å². The minimum absolute atomic E-state index is 0.0946. The van der Waals surface area contributed by atoms with Gasteiger partial charge < -0.3 is 10.2 Å². The van der Waals surface area contributed by atoms with Crippen molar-refractivity contribution in [2.75, 3.05) is 26.2 Å². The van der Waals surface area contributed by atoms with E-state index in [2.05, 4.69) is 17.1 Å². The molecule has 0 aliphatic carbocycles. The molecule has 1 aliphatic heterocycles. The monoisotopic (exact) mass is 280 g/mol. The minimum atomic E-state index is -0.593. The molecule has 1 fully saturated rings. The lowest BCUT2D eigenvalue weighted by molar-refractivity contribution is -0.121. The van der Waals surface area contributed by atoms with Crippen molar-refractivity contribution in [1.82, 2.24) is 10.2 Å². The molecule has 0 bridgehead atoms. The maximum Gasteiger partial charge on any atom is 0.242 e. The highest BCUT2D eigenvalue weighted by Gasteiger charge is 2.23. The highest BCUT2D eigenvalue weighted by Crippen LogP contribution is 2.20. The van der Waals surface area contributed by atoms with Crippen LogP contribution in [0.25, 0.3) is 0 Å². The van der Waals surface area contributed by atoms with E-state index in [0.717, 1.165) is 38.2 Å². The molecule has 104 valence electrons. The van der Waals surface area contributed by atoms with Crippen LogP contribution < -0.4 is 5.32 Å². The molecule has 0 aromatic heterocycles. The van der Waals surface area contributed by atoms with Crippen molar-refractivity contribution in [3.8, 4) is 0 Å². The third-order valence-electron chi connectivity index (χ3n) is 3.70. The summed E-state index contributed by atoms with van der Waals surface area (Å²) in [6.07, 6.45) is 1.16. The van der Waals surface area contributed by atoms with Crippen molar-refractivity contribution in [2.45, 2.75) is 18.7 Å². The predicted octanol–water partition coefficient (Wildman–Crippen LogP) is 2.42. The van der Waals surface area contributed by atoms with Gasteiger partial charge in [-0.3, -0.25) is 4.79 Å². The molecule has 1 aromatic carbocycles. The van der Waals surface area contributed by atoms with Gasteiger partial charge in [-0.05, 0) is 31.0 Å². The zero-order valence-electron chi connectivity index (χ0n) is 11.3. The lowest BCUT2D eigenvalue weighted by atomic mass is 10.1. The molecule has 1 aromatic rings. The summed E-state index contributed by atoms with van der Waals surface area (Å²) in [6.45, 7) is 6.21. The van der Waals surface area contributed by atoms with Gasteiger partial charge in [-0.15, -0.1) is 11.6 Å². The first-order valence-corrected chi connectivity index (χ1v) is 7.33. The van der Waals surface area contributed by atoms with Crippen LogP contribution in [0.1, 0.15) is 24.3 Å². The van der Waals surface area contributed by atoms with Crippen LogP contribution in [0.15, 0.2) is 30.3 Å². The van der Waals surface area contributed by atoms with Crippen LogP contribution in [0.4, 0.5) is 0 Å². The average Bonchev–Trinajstić information content (AvgIpc) is 2.93. The van der Waals surface area contributed by atoms with Crippen molar-refractivity contribution in [2.24, 2.45) is 5.92 Å². The van der Waals surface area contributed by atoms with Gasteiger partial charge in [0.2, 0.25) is 5.91 Å². The van der Waals surface area contributed by atoms with Crippen LogP contribution >= 0.6 is 11.6 Å². The Labute approximate surface area is 119 Å². The SMILES string of the molecule is CCN1CCC(CNC(=O)C(Cl)c2ccccc2)C1. The van der Waals surface area contributed by atoms with Gasteiger partial charge in [-0.1, -0.05) is 37.3 Å². The Balaban J connectivity index is 1.79. The van der Waals surface area contributed by atoms with Crippen molar-refractivity contribution in [3.05, 3.63) is 35.9 Å². The van der Waals surface area contributed by atoms with Crippen LogP contribution in [-0.4, -0.2) is 37.0 Å². The standard InChI is InChI=1S/C15H21ClN2O/c1-2-18-9-8-12(11-18)10-17-15(19)14(16)13-6-4-3-5-7-13/h3-7,12,14H,2,8-11H2,1H3,(H,17,19). The summed E-state index contributed by atoms with van der Waals surface area (Å²) >= 11 is 6.18. The molecule has 4 heteroatoms. The summed E-state index contributed by atoms with van der Waals surface area (Å²) in [6, 6.07) is 9.47. The van der Waals surface area contributed by atoms with Gasteiger partial charge in [0, 0.05) is 13.1 Å². The Kier molecular flexibility index (Phi) is 5.23. The number of hydrogen-bond donors (Lipinski definition) is 1. The summed E-state index contributed by atoms with van der Waals surface area (Å²) in [5.74, 6) is 0.464. The topological polar surface area (TPSA) is 32.3 Å². The molecular formula is C15H21ClN2O. The van der Waals surface area contributed by atoms with E-state index in [1.165, 1.54) is 0 Å². The number of alkyl halides is 1. The highest BCUT2D eigenvalue weighted by atomic mass is 35.5. The number of benzene rings is 1. The number of carbonyl (C=O) groups excluding carboxylic acids is 1. The third kappa shape index (κ3) is 3.95. The molecule has 2 rings (SSSR count). The van der Waals surface area contributed by atoms with E-state index in [-0.39, 0.29) is 5.91 Å². The minimum Gasteiger partial charge on any atom is -0.354 e. The molecule has 1 N–H and O–H groups in total. The van der Waals surface area contributed by atoms with Gasteiger partial charge in [0.15, 0.2) is 0 Å². The number of amides is 1. The molecule has 3 nitrogen and oxygen atoms in total. The zero-order chi connectivity index (χ0) is 13.7. The average molecular weight is 281 g/mol. The number of hydrogen-bond acceptors (Lipinski definition) is 2. The highest BCUT2D eigenvalue weighted by molar-refractivity contribution is 6.30. The van der Waals surface area contributed by atoms with E-state index < -0.39 is 5.38 Å². The molecule has 19 heavy (non-hydrogen) atoms. The number of nitrogens with zero attached hydrogens (tertiary/aromatic N) is 1. The summed E-state index contributed by atoms with van der Waals surface area (Å²) < 4.78 is 0. The lowest BCUT2D eigenvalue weighted by Crippen LogP contribution is -2.33. The second-order valence-corrected chi connectivity index (χ2v) is 5.50. The molecule has 0 spiro atoms. The zero-order valence-corrected chi connectivity index (χ0v) is 12.1. The van der Waals surface area contributed by atoms with Gasteiger partial charge in [0.1, 0.15) is 5.38 Å². The van der Waals surface area contributed by atoms with Crippen molar-refractivity contribution in [3.63, 3.8) is 0 Å². The van der Waals surface area contributed by atoms with Gasteiger partial charge in [-0.25, -0.2) is 0 Å². The normalized spacial score (nSPS) is 21.3. The Bertz CT molecular complexity index is 410. The lowest BCUT2D eigenvalue weighted by Gasteiger charge is -2.15. The number of nitrogens with one attached hydrogen (secondary N) is 1. The number of halogens is 1. The smallest absolute Gasteiger partial charge is 0.242 e. The summed E-state index contributed by atoms with van der Waals surface area (Å²) in [5, 5.41) is 2.38. The second kappa shape index (κ2) is 6.92. The second-order valence-electron chi connectivity index (χ2n) is 5.07. The maximum atomic E-state index is 12.0. The van der Waals surface area contributed by atoms with Crippen molar-refractivity contribution >= 4 is 17.5 Å². The first-order chi connectivity index (χ1) is 9.20. The maximum absolute atomic E-state index is 12.0. The molecule has 1 saturated heterocycles. The Morgan fingerprint density at radius 2 is 2.21 bits per heavy atom. The summed E-state index contributed by atoms with van der Waals surface area (Å²) in [4.78, 5) is 14.4. The van der Waals surface area contributed by atoms with Crippen LogP contribution in [0.2, 0.25) is 0 Å². The molecule has 2 atom stereocenters. The summed E-state index contributed by atoms with van der Waals surface area (Å²) in [5.41, 5.74) is 0.850. The molecule has 2 unspecified atom stereocenters. The molecule has 0 saturated carbocycles. The largest absolute Gasteiger partial charge is 0.354 e. The molecule has 1 aliphatic rings. The number of rotatable bonds is 5. The van der Waals surface area contributed by atoms with E-state index in [1.807, 2.05) is 30.3 Å². The fraction of sp³-hybridized carbons (Fsp3) is 0.533. The molecule has 1 heterocycles. The molecular weight excluding hydrogens is 260 g/mol. The third-order valence-corrected chi connectivity index (χ3v) is 4.15. The Morgan fingerprint density at radius 3 is 2.84 bits per heavy atom. The van der Waals surface area contributed by atoms with E-state index in [1.54, 1.807) is 0 Å². The predicted molar refractivity (Wildman–Crippen MR) is 78.3 cm³/mol. The van der Waals surface area contributed by atoms with Gasteiger partial charge in [0.05, 0.1) is 0 Å². The van der Waals surface area contributed by atoms with E-state index >= 15 is 0 Å². The van der Waals surface area contributed by atoms with Crippen LogP contribution in [0.5, 0.6) is 0 Å². The molecule has 1 amide bonds. The number of likely N-dealkylation sites (tertiary alicyclic amines) is 1. The van der Waals surface area contributed by atoms with Gasteiger partial charge in [0.25, 0.3) is 0 Å². The van der Waals surface area contributed by atoms with E-state index in [9.17, 15) is 4.79 Å². The first-order valence-electron chi connectivity index (χ1n) is 6.89. The van der Waals surface area contributed by atoms with E-state index in [4.69, 9.17) is 11.6 Å². The quantitative estimate of drug-likeness (QED) is 0.840. The van der Waals surface area contributed by atoms with Crippen LogP contribution in [0.3, 0.4) is 0 Å². The number of carbonyl (C=O) groups is 1. The van der Waals surface area contributed by atoms with Crippen LogP contribution in [0, 0.1) is 5.92 Å². The van der Waals surface area contributed by atoms with Crippen molar-refractivity contribution < 1.29 is 4.79 Å². The van der Waals surface area contributed by atoms with E-state index in [0.29, 0.717) is 5.92 Å². The van der Waals surface area contributed by atoms with Gasteiger partial charge in [-0.2, -0.15) is 0 Å². The fourth-order valence-electron chi connectivity index (χ4n) is 2.47. The Morgan fingerprint density at radius 1 is 1.47 bits per heavy atom. The summed E-state index contributed by atoms with van der Waals surface area (Å²) in [7, 11) is 0. The first kappa shape index (κ1) is 14.4.